The fraction of sp³-hybridized carbons (Fsp3) is 0.409. The quantitative estimate of drug-likeness (QED) is 0.636. The zero-order valence-electron chi connectivity index (χ0n) is 17.9. The molecule has 0 saturated carbocycles. The van der Waals surface area contributed by atoms with Crippen molar-refractivity contribution in [3.05, 3.63) is 57.5 Å². The SMILES string of the molecule is Cc1c([C@@H](C)Nc2nncc3c2cc(O[C@H]2CCOC2)c(=O)n3C)cccc1C(F)(F)F. The fourth-order valence-corrected chi connectivity index (χ4v) is 3.95. The number of anilines is 1. The first-order valence-electron chi connectivity index (χ1n) is 10.2. The number of ether oxygens (including phenoxy) is 2. The molecule has 0 spiro atoms. The van der Waals surface area contributed by atoms with Crippen molar-refractivity contribution in [1.82, 2.24) is 14.8 Å². The van der Waals surface area contributed by atoms with E-state index in [1.165, 1.54) is 23.8 Å². The number of hydrogen-bond acceptors (Lipinski definition) is 6. The summed E-state index contributed by atoms with van der Waals surface area (Å²) in [6, 6.07) is 5.19. The Labute approximate surface area is 182 Å². The number of hydrogen-bond donors (Lipinski definition) is 1. The van der Waals surface area contributed by atoms with Crippen molar-refractivity contribution in [3.8, 4) is 5.75 Å². The summed E-state index contributed by atoms with van der Waals surface area (Å²) in [7, 11) is 1.61. The molecule has 1 fully saturated rings. The van der Waals surface area contributed by atoms with E-state index in [1.807, 2.05) is 0 Å². The molecule has 1 aliphatic rings. The summed E-state index contributed by atoms with van der Waals surface area (Å²) < 4.78 is 52.5. The van der Waals surface area contributed by atoms with E-state index in [-0.39, 0.29) is 23.0 Å². The summed E-state index contributed by atoms with van der Waals surface area (Å²) in [6.45, 7) is 4.18. The van der Waals surface area contributed by atoms with Crippen LogP contribution >= 0.6 is 0 Å². The topological polar surface area (TPSA) is 78.3 Å². The average Bonchev–Trinajstić information content (AvgIpc) is 3.24. The molecule has 1 aliphatic heterocycles. The van der Waals surface area contributed by atoms with Crippen LogP contribution in [-0.2, 0) is 18.0 Å². The van der Waals surface area contributed by atoms with Gasteiger partial charge in [0.15, 0.2) is 11.6 Å². The van der Waals surface area contributed by atoms with Gasteiger partial charge >= 0.3 is 6.18 Å². The second-order valence-electron chi connectivity index (χ2n) is 7.85. The number of benzene rings is 1. The van der Waals surface area contributed by atoms with E-state index < -0.39 is 17.8 Å². The number of halogens is 3. The monoisotopic (exact) mass is 448 g/mol. The molecule has 3 heterocycles. The summed E-state index contributed by atoms with van der Waals surface area (Å²) in [6.07, 6.45) is -2.50. The number of nitrogens with one attached hydrogen (secondary N) is 1. The van der Waals surface area contributed by atoms with Crippen molar-refractivity contribution in [1.29, 1.82) is 0 Å². The third kappa shape index (κ3) is 4.14. The van der Waals surface area contributed by atoms with Crippen LogP contribution in [0.5, 0.6) is 5.75 Å². The molecule has 1 aromatic carbocycles. The molecule has 1 saturated heterocycles. The fourth-order valence-electron chi connectivity index (χ4n) is 3.95. The Morgan fingerprint density at radius 3 is 2.81 bits per heavy atom. The Bertz CT molecular complexity index is 1200. The van der Waals surface area contributed by atoms with Gasteiger partial charge in [-0.15, -0.1) is 5.10 Å². The highest BCUT2D eigenvalue weighted by Crippen LogP contribution is 2.35. The normalized spacial score (nSPS) is 17.5. The summed E-state index contributed by atoms with van der Waals surface area (Å²) in [4.78, 5) is 12.7. The second kappa shape index (κ2) is 8.42. The molecule has 0 radical (unpaired) electrons. The molecule has 4 rings (SSSR count). The van der Waals surface area contributed by atoms with Gasteiger partial charge in [-0.2, -0.15) is 18.3 Å². The Balaban J connectivity index is 1.72. The number of fused-ring (bicyclic) bond motifs is 1. The maximum atomic E-state index is 13.3. The third-order valence-corrected chi connectivity index (χ3v) is 5.70. The van der Waals surface area contributed by atoms with Crippen LogP contribution in [0.15, 0.2) is 35.3 Å². The highest BCUT2D eigenvalue weighted by atomic mass is 19.4. The van der Waals surface area contributed by atoms with Gasteiger partial charge in [0, 0.05) is 18.9 Å². The first-order valence-corrected chi connectivity index (χ1v) is 10.2. The standard InChI is InChI=1S/C22H23F3N4O3/c1-12-15(5-4-6-17(12)22(23,24)25)13(2)27-20-16-9-19(32-14-7-8-31-11-14)21(30)29(3)18(16)10-26-28-20/h4-6,9-10,13-14H,7-8,11H2,1-3H3,(H,27,28)/t13-,14+/m1/s1. The summed E-state index contributed by atoms with van der Waals surface area (Å²) in [5.74, 6) is 0.504. The lowest BCUT2D eigenvalue weighted by Crippen LogP contribution is -2.25. The van der Waals surface area contributed by atoms with Gasteiger partial charge in [0.1, 0.15) is 6.10 Å². The first-order chi connectivity index (χ1) is 15.2. The lowest BCUT2D eigenvalue weighted by atomic mass is 9.97. The van der Waals surface area contributed by atoms with Gasteiger partial charge in [-0.05, 0) is 37.1 Å². The molecule has 10 heteroatoms. The van der Waals surface area contributed by atoms with Crippen molar-refractivity contribution < 1.29 is 22.6 Å². The molecule has 3 aromatic rings. The molecular weight excluding hydrogens is 425 g/mol. The van der Waals surface area contributed by atoms with Crippen LogP contribution in [0.2, 0.25) is 0 Å². The smallest absolute Gasteiger partial charge is 0.416 e. The van der Waals surface area contributed by atoms with E-state index >= 15 is 0 Å². The molecule has 2 aromatic heterocycles. The number of pyridine rings is 1. The molecule has 1 N–H and O–H groups in total. The average molecular weight is 448 g/mol. The van der Waals surface area contributed by atoms with Crippen LogP contribution in [-0.4, -0.2) is 34.1 Å². The third-order valence-electron chi connectivity index (χ3n) is 5.70. The molecule has 0 unspecified atom stereocenters. The Hall–Kier alpha value is -3.14. The number of aromatic nitrogens is 3. The highest BCUT2D eigenvalue weighted by molar-refractivity contribution is 5.89. The maximum absolute atomic E-state index is 13.3. The number of aryl methyl sites for hydroxylation is 1. The molecule has 0 amide bonds. The van der Waals surface area contributed by atoms with Crippen molar-refractivity contribution in [2.45, 2.75) is 38.6 Å². The van der Waals surface area contributed by atoms with E-state index in [9.17, 15) is 18.0 Å². The van der Waals surface area contributed by atoms with E-state index in [4.69, 9.17) is 9.47 Å². The first kappa shape index (κ1) is 22.1. The number of nitrogens with zero attached hydrogens (tertiary/aromatic N) is 3. The lowest BCUT2D eigenvalue weighted by Gasteiger charge is -2.21. The molecule has 0 aliphatic carbocycles. The van der Waals surface area contributed by atoms with Gasteiger partial charge in [0.25, 0.3) is 5.56 Å². The van der Waals surface area contributed by atoms with Crippen LogP contribution in [0.4, 0.5) is 19.0 Å². The predicted molar refractivity (Wildman–Crippen MR) is 113 cm³/mol. The molecular formula is C22H23F3N4O3. The number of rotatable bonds is 5. The molecule has 2 atom stereocenters. The molecule has 0 bridgehead atoms. The van der Waals surface area contributed by atoms with Gasteiger partial charge in [0.05, 0.1) is 36.5 Å². The highest BCUT2D eigenvalue weighted by Gasteiger charge is 2.33. The predicted octanol–water partition coefficient (Wildman–Crippen LogP) is 4.00. The lowest BCUT2D eigenvalue weighted by molar-refractivity contribution is -0.138. The van der Waals surface area contributed by atoms with Crippen LogP contribution in [0, 0.1) is 6.92 Å². The van der Waals surface area contributed by atoms with Crippen LogP contribution < -0.4 is 15.6 Å². The summed E-state index contributed by atoms with van der Waals surface area (Å²) in [5.41, 5.74) is 0.166. The number of alkyl halides is 3. The Morgan fingerprint density at radius 1 is 1.34 bits per heavy atom. The van der Waals surface area contributed by atoms with E-state index in [0.717, 1.165) is 6.07 Å². The zero-order valence-corrected chi connectivity index (χ0v) is 17.9. The van der Waals surface area contributed by atoms with E-state index in [0.29, 0.717) is 41.9 Å². The van der Waals surface area contributed by atoms with Crippen LogP contribution in [0.25, 0.3) is 10.9 Å². The van der Waals surface area contributed by atoms with Gasteiger partial charge in [-0.1, -0.05) is 12.1 Å². The van der Waals surface area contributed by atoms with Crippen molar-refractivity contribution in [3.63, 3.8) is 0 Å². The molecule has 7 nitrogen and oxygen atoms in total. The van der Waals surface area contributed by atoms with Crippen molar-refractivity contribution >= 4 is 16.7 Å². The van der Waals surface area contributed by atoms with Crippen LogP contribution in [0.3, 0.4) is 0 Å². The minimum atomic E-state index is -4.44. The largest absolute Gasteiger partial charge is 0.482 e. The molecule has 170 valence electrons. The van der Waals surface area contributed by atoms with Crippen molar-refractivity contribution in [2.75, 3.05) is 18.5 Å². The summed E-state index contributed by atoms with van der Waals surface area (Å²) in [5, 5.41) is 11.8. The minimum absolute atomic E-state index is 0.144. The van der Waals surface area contributed by atoms with Gasteiger partial charge < -0.3 is 19.4 Å². The zero-order chi connectivity index (χ0) is 23.0. The Kier molecular flexibility index (Phi) is 5.81. The summed E-state index contributed by atoms with van der Waals surface area (Å²) >= 11 is 0. The minimum Gasteiger partial charge on any atom is -0.482 e. The maximum Gasteiger partial charge on any atom is 0.416 e. The Morgan fingerprint density at radius 2 is 2.12 bits per heavy atom. The van der Waals surface area contributed by atoms with E-state index in [1.54, 1.807) is 26.1 Å². The van der Waals surface area contributed by atoms with Gasteiger partial charge in [-0.25, -0.2) is 0 Å². The molecule has 32 heavy (non-hydrogen) atoms. The van der Waals surface area contributed by atoms with Gasteiger partial charge in [0.2, 0.25) is 0 Å². The second-order valence-corrected chi connectivity index (χ2v) is 7.85. The van der Waals surface area contributed by atoms with Gasteiger partial charge in [-0.3, -0.25) is 4.79 Å². The van der Waals surface area contributed by atoms with Crippen molar-refractivity contribution in [2.24, 2.45) is 7.05 Å². The van der Waals surface area contributed by atoms with E-state index in [2.05, 4.69) is 15.5 Å². The van der Waals surface area contributed by atoms with Crippen LogP contribution in [0.1, 0.15) is 36.1 Å².